The zero-order chi connectivity index (χ0) is 18.0. The molecule has 0 unspecified atom stereocenters. The van der Waals surface area contributed by atoms with Crippen LogP contribution in [-0.4, -0.2) is 29.0 Å². The van der Waals surface area contributed by atoms with Gasteiger partial charge in [0.15, 0.2) is 0 Å². The Morgan fingerprint density at radius 1 is 1.24 bits per heavy atom. The van der Waals surface area contributed by atoms with Gasteiger partial charge in [-0.15, -0.1) is 0 Å². The van der Waals surface area contributed by atoms with Gasteiger partial charge in [0.2, 0.25) is 0 Å². The summed E-state index contributed by atoms with van der Waals surface area (Å²) in [5, 5.41) is 2.85. The van der Waals surface area contributed by atoms with Gasteiger partial charge >= 0.3 is 0 Å². The maximum atomic E-state index is 12.0. The highest BCUT2D eigenvalue weighted by molar-refractivity contribution is 9.10. The minimum absolute atomic E-state index is 0.0833. The molecule has 4 N–H and O–H groups in total. The van der Waals surface area contributed by atoms with E-state index in [0.29, 0.717) is 18.7 Å². The van der Waals surface area contributed by atoms with E-state index in [9.17, 15) is 4.79 Å². The Morgan fingerprint density at radius 3 is 2.64 bits per heavy atom. The smallest absolute Gasteiger partial charge is 0.251 e. The minimum Gasteiger partial charge on any atom is -0.352 e. The third-order valence-corrected chi connectivity index (χ3v) is 5.19. The molecule has 0 bridgehead atoms. The van der Waals surface area contributed by atoms with E-state index in [0.717, 1.165) is 38.9 Å². The fraction of sp³-hybridized carbons (Fsp3) is 0.263. The Hall–Kier alpha value is -2.18. The van der Waals surface area contributed by atoms with Gasteiger partial charge in [0.25, 0.3) is 5.91 Å². The molecule has 3 aromatic rings. The average Bonchev–Trinajstić information content (AvgIpc) is 3.04. The number of nitrogens with zero attached hydrogens (tertiary/aromatic N) is 1. The lowest BCUT2D eigenvalue weighted by molar-refractivity contribution is 0.0953. The van der Waals surface area contributed by atoms with E-state index in [2.05, 4.69) is 40.1 Å². The minimum atomic E-state index is -0.0833. The van der Waals surface area contributed by atoms with Gasteiger partial charge in [-0.05, 0) is 56.1 Å². The number of aromatic amines is 1. The number of imidazole rings is 1. The lowest BCUT2D eigenvalue weighted by Gasteiger charge is -2.04. The van der Waals surface area contributed by atoms with Gasteiger partial charge in [-0.2, -0.15) is 0 Å². The Morgan fingerprint density at radius 2 is 1.96 bits per heavy atom. The zero-order valence-corrected chi connectivity index (χ0v) is 15.9. The lowest BCUT2D eigenvalue weighted by Crippen LogP contribution is -2.25. The quantitative estimate of drug-likeness (QED) is 0.571. The van der Waals surface area contributed by atoms with Crippen LogP contribution in [0.25, 0.3) is 22.4 Å². The number of rotatable bonds is 5. The molecule has 0 radical (unpaired) electrons. The molecule has 0 spiro atoms. The topological polar surface area (TPSA) is 83.8 Å². The summed E-state index contributed by atoms with van der Waals surface area (Å²) in [5.41, 5.74) is 11.3. The lowest BCUT2D eigenvalue weighted by atomic mass is 10.1. The molecule has 0 atom stereocenters. The maximum absolute atomic E-state index is 12.0. The number of carbonyl (C=O) groups excluding carboxylic acids is 1. The highest BCUT2D eigenvalue weighted by Gasteiger charge is 2.12. The largest absolute Gasteiger partial charge is 0.352 e. The van der Waals surface area contributed by atoms with Crippen molar-refractivity contribution in [2.45, 2.75) is 20.3 Å². The second kappa shape index (κ2) is 7.37. The molecule has 25 heavy (non-hydrogen) atoms. The second-order valence-electron chi connectivity index (χ2n) is 6.07. The van der Waals surface area contributed by atoms with Crippen molar-refractivity contribution >= 4 is 32.9 Å². The van der Waals surface area contributed by atoms with Crippen molar-refractivity contribution in [1.29, 1.82) is 0 Å². The van der Waals surface area contributed by atoms with Crippen molar-refractivity contribution in [2.24, 2.45) is 5.73 Å². The van der Waals surface area contributed by atoms with E-state index >= 15 is 0 Å². The monoisotopic (exact) mass is 400 g/mol. The van der Waals surface area contributed by atoms with Gasteiger partial charge in [0, 0.05) is 22.1 Å². The molecule has 0 saturated heterocycles. The summed E-state index contributed by atoms with van der Waals surface area (Å²) in [5.74, 6) is 0.714. The molecule has 3 rings (SSSR count). The third kappa shape index (κ3) is 3.60. The molecule has 1 heterocycles. The molecule has 0 aliphatic carbocycles. The first-order valence-electron chi connectivity index (χ1n) is 8.25. The van der Waals surface area contributed by atoms with Crippen LogP contribution in [0.1, 0.15) is 27.9 Å². The molecular weight excluding hydrogens is 380 g/mol. The number of nitrogens with two attached hydrogens (primary N) is 1. The second-order valence-corrected chi connectivity index (χ2v) is 6.92. The molecule has 1 aromatic heterocycles. The van der Waals surface area contributed by atoms with Crippen molar-refractivity contribution in [2.75, 3.05) is 13.1 Å². The van der Waals surface area contributed by atoms with Crippen LogP contribution < -0.4 is 11.1 Å². The fourth-order valence-electron chi connectivity index (χ4n) is 2.69. The predicted octanol–water partition coefficient (Wildman–Crippen LogP) is 3.69. The fourth-order valence-corrected chi connectivity index (χ4v) is 3.22. The average molecular weight is 401 g/mol. The number of aryl methyl sites for hydroxylation is 1. The summed E-state index contributed by atoms with van der Waals surface area (Å²) in [6.07, 6.45) is 0.775. The Bertz CT molecular complexity index is 915. The van der Waals surface area contributed by atoms with Crippen LogP contribution in [0, 0.1) is 13.8 Å². The van der Waals surface area contributed by atoms with Crippen LogP contribution in [-0.2, 0) is 0 Å². The van der Waals surface area contributed by atoms with E-state index in [1.54, 1.807) is 0 Å². The number of nitrogens with one attached hydrogen (secondary N) is 2. The Kier molecular flexibility index (Phi) is 5.20. The van der Waals surface area contributed by atoms with Crippen molar-refractivity contribution in [1.82, 2.24) is 15.3 Å². The molecule has 1 amide bonds. The first-order valence-corrected chi connectivity index (χ1v) is 9.04. The molecule has 0 aliphatic heterocycles. The van der Waals surface area contributed by atoms with Gasteiger partial charge in [-0.25, -0.2) is 4.98 Å². The van der Waals surface area contributed by atoms with E-state index in [-0.39, 0.29) is 5.91 Å². The number of H-pyrrole nitrogens is 1. The number of benzene rings is 2. The number of amides is 1. The molecular formula is C19H21BrN4O. The Labute approximate surface area is 155 Å². The summed E-state index contributed by atoms with van der Waals surface area (Å²) in [6, 6.07) is 9.50. The number of hydrogen-bond donors (Lipinski definition) is 3. The van der Waals surface area contributed by atoms with Gasteiger partial charge in [0.1, 0.15) is 5.82 Å². The molecule has 0 fully saturated rings. The SMILES string of the molecule is Cc1c(Br)cc2[nH]c(-c3ccc(C(=O)NCCCN)cc3)nc2c1C. The van der Waals surface area contributed by atoms with Gasteiger partial charge < -0.3 is 16.0 Å². The van der Waals surface area contributed by atoms with Gasteiger partial charge in [0.05, 0.1) is 11.0 Å². The van der Waals surface area contributed by atoms with E-state index < -0.39 is 0 Å². The number of halogens is 1. The highest BCUT2D eigenvalue weighted by atomic mass is 79.9. The van der Waals surface area contributed by atoms with Crippen molar-refractivity contribution in [3.8, 4) is 11.4 Å². The van der Waals surface area contributed by atoms with Crippen molar-refractivity contribution < 1.29 is 4.79 Å². The number of aromatic nitrogens is 2. The standard InChI is InChI=1S/C19H21BrN4O/c1-11-12(2)17-16(10-15(11)20)23-18(24-17)13-4-6-14(7-5-13)19(25)22-9-3-8-21/h4-7,10H,3,8-9,21H2,1-2H3,(H,22,25)(H,23,24). The molecule has 0 aliphatic rings. The third-order valence-electron chi connectivity index (χ3n) is 4.37. The number of fused-ring (bicyclic) bond motifs is 1. The molecule has 2 aromatic carbocycles. The molecule has 130 valence electrons. The summed E-state index contributed by atoms with van der Waals surface area (Å²) in [6.45, 7) is 5.31. The van der Waals surface area contributed by atoms with Crippen molar-refractivity contribution in [3.05, 3.63) is 51.5 Å². The summed E-state index contributed by atoms with van der Waals surface area (Å²) >= 11 is 3.58. The molecule has 6 heteroatoms. The summed E-state index contributed by atoms with van der Waals surface area (Å²) in [4.78, 5) is 20.1. The normalized spacial score (nSPS) is 11.0. The van der Waals surface area contributed by atoms with Crippen LogP contribution in [0.5, 0.6) is 0 Å². The van der Waals surface area contributed by atoms with E-state index in [4.69, 9.17) is 10.7 Å². The van der Waals surface area contributed by atoms with Crippen LogP contribution in [0.3, 0.4) is 0 Å². The summed E-state index contributed by atoms with van der Waals surface area (Å²) < 4.78 is 1.07. The molecule has 5 nitrogen and oxygen atoms in total. The Balaban J connectivity index is 1.86. The van der Waals surface area contributed by atoms with Crippen LogP contribution in [0.2, 0.25) is 0 Å². The predicted molar refractivity (Wildman–Crippen MR) is 105 cm³/mol. The van der Waals surface area contributed by atoms with Crippen LogP contribution in [0.4, 0.5) is 0 Å². The summed E-state index contributed by atoms with van der Waals surface area (Å²) in [7, 11) is 0. The molecule has 0 saturated carbocycles. The van der Waals surface area contributed by atoms with Gasteiger partial charge in [-0.3, -0.25) is 4.79 Å². The number of carbonyl (C=O) groups is 1. The number of hydrogen-bond acceptors (Lipinski definition) is 3. The first-order chi connectivity index (χ1) is 12.0. The van der Waals surface area contributed by atoms with Crippen molar-refractivity contribution in [3.63, 3.8) is 0 Å². The van der Waals surface area contributed by atoms with E-state index in [1.165, 1.54) is 5.56 Å². The van der Waals surface area contributed by atoms with Crippen LogP contribution >= 0.6 is 15.9 Å². The maximum Gasteiger partial charge on any atom is 0.251 e. The zero-order valence-electron chi connectivity index (χ0n) is 14.3. The van der Waals surface area contributed by atoms with E-state index in [1.807, 2.05) is 30.3 Å². The van der Waals surface area contributed by atoms with Crippen LogP contribution in [0.15, 0.2) is 34.8 Å². The highest BCUT2D eigenvalue weighted by Crippen LogP contribution is 2.29. The first kappa shape index (κ1) is 17.6. The van der Waals surface area contributed by atoms with Gasteiger partial charge in [-0.1, -0.05) is 28.1 Å².